The molecular weight excluding hydrogens is 264 g/mol. The van der Waals surface area contributed by atoms with Gasteiger partial charge in [0.2, 0.25) is 0 Å². The molecule has 2 aromatic rings. The fourth-order valence-electron chi connectivity index (χ4n) is 2.41. The molecule has 0 spiro atoms. The molecule has 1 aromatic carbocycles. The van der Waals surface area contributed by atoms with Crippen LogP contribution in [-0.4, -0.2) is 4.98 Å². The largest absolute Gasteiger partial charge is 0.303 e. The van der Waals surface area contributed by atoms with Crippen molar-refractivity contribution in [2.24, 2.45) is 5.92 Å². The topological polar surface area (TPSA) is 24.9 Å². The molecule has 0 fully saturated rings. The number of nitrogens with zero attached hydrogens (tertiary/aromatic N) is 1. The lowest BCUT2D eigenvalue weighted by molar-refractivity contribution is 0.499. The number of hydrogen-bond acceptors (Lipinski definition) is 3. The maximum Gasteiger partial charge on any atom is 0.0794 e. The van der Waals surface area contributed by atoms with Crippen LogP contribution in [0.15, 0.2) is 36.0 Å². The summed E-state index contributed by atoms with van der Waals surface area (Å²) in [5.74, 6) is 0.711. The van der Waals surface area contributed by atoms with Crippen molar-refractivity contribution in [3.8, 4) is 0 Å². The second-order valence-corrected chi connectivity index (χ2v) is 6.77. The van der Waals surface area contributed by atoms with Crippen LogP contribution < -0.4 is 5.32 Å². The van der Waals surface area contributed by atoms with Crippen LogP contribution in [0.25, 0.3) is 0 Å². The highest BCUT2D eigenvalue weighted by Gasteiger charge is 2.12. The van der Waals surface area contributed by atoms with E-state index in [1.54, 1.807) is 11.3 Å². The summed E-state index contributed by atoms with van der Waals surface area (Å²) in [7, 11) is 0. The van der Waals surface area contributed by atoms with Crippen LogP contribution in [0.2, 0.25) is 0 Å². The molecule has 0 amide bonds. The minimum absolute atomic E-state index is 0.341. The highest BCUT2D eigenvalue weighted by Crippen LogP contribution is 2.22. The summed E-state index contributed by atoms with van der Waals surface area (Å²) in [6.45, 7) is 8.93. The van der Waals surface area contributed by atoms with E-state index in [4.69, 9.17) is 0 Å². The van der Waals surface area contributed by atoms with E-state index < -0.39 is 0 Å². The Morgan fingerprint density at radius 2 is 1.75 bits per heavy atom. The SMILES string of the molecule is CC(C)Cc1ccc(C(C)NC(C)c2cncs2)cc1. The average molecular weight is 288 g/mol. The van der Waals surface area contributed by atoms with Crippen LogP contribution in [0.5, 0.6) is 0 Å². The molecule has 0 radical (unpaired) electrons. The summed E-state index contributed by atoms with van der Waals surface area (Å²) in [5.41, 5.74) is 4.65. The van der Waals surface area contributed by atoms with Gasteiger partial charge in [-0.25, -0.2) is 0 Å². The molecule has 0 saturated heterocycles. The minimum atomic E-state index is 0.341. The number of rotatable bonds is 6. The molecule has 3 heteroatoms. The first-order valence-electron chi connectivity index (χ1n) is 7.29. The minimum Gasteiger partial charge on any atom is -0.303 e. The van der Waals surface area contributed by atoms with E-state index in [2.05, 4.69) is 62.3 Å². The van der Waals surface area contributed by atoms with Gasteiger partial charge in [-0.3, -0.25) is 4.98 Å². The first-order valence-corrected chi connectivity index (χ1v) is 8.17. The van der Waals surface area contributed by atoms with E-state index in [1.165, 1.54) is 16.0 Å². The van der Waals surface area contributed by atoms with Gasteiger partial charge in [-0.1, -0.05) is 38.1 Å². The smallest absolute Gasteiger partial charge is 0.0794 e. The Morgan fingerprint density at radius 3 is 2.30 bits per heavy atom. The Balaban J connectivity index is 1.97. The van der Waals surface area contributed by atoms with Crippen LogP contribution in [0.4, 0.5) is 0 Å². The van der Waals surface area contributed by atoms with Gasteiger partial charge in [0.15, 0.2) is 0 Å². The van der Waals surface area contributed by atoms with Crippen molar-refractivity contribution in [2.75, 3.05) is 0 Å². The fraction of sp³-hybridized carbons (Fsp3) is 0.471. The number of aromatic nitrogens is 1. The maximum absolute atomic E-state index is 4.14. The molecule has 0 aliphatic heterocycles. The number of hydrogen-bond donors (Lipinski definition) is 1. The molecule has 2 rings (SSSR count). The van der Waals surface area contributed by atoms with E-state index in [0.717, 1.165) is 6.42 Å². The van der Waals surface area contributed by atoms with Crippen LogP contribution in [-0.2, 0) is 6.42 Å². The molecule has 2 atom stereocenters. The number of thiazole rings is 1. The van der Waals surface area contributed by atoms with Crippen molar-refractivity contribution in [3.63, 3.8) is 0 Å². The van der Waals surface area contributed by atoms with Crippen molar-refractivity contribution in [1.82, 2.24) is 10.3 Å². The molecule has 1 heterocycles. The molecule has 20 heavy (non-hydrogen) atoms. The standard InChI is InChI=1S/C17H24N2S/c1-12(2)9-15-5-7-16(8-6-15)13(3)19-14(4)17-10-18-11-20-17/h5-8,10-14,19H,9H2,1-4H3. The van der Waals surface area contributed by atoms with Gasteiger partial charge in [-0.15, -0.1) is 11.3 Å². The zero-order valence-electron chi connectivity index (χ0n) is 12.8. The lowest BCUT2D eigenvalue weighted by Gasteiger charge is -2.19. The molecule has 0 saturated carbocycles. The van der Waals surface area contributed by atoms with Crippen LogP contribution >= 0.6 is 11.3 Å². The molecule has 2 nitrogen and oxygen atoms in total. The summed E-state index contributed by atoms with van der Waals surface area (Å²) in [4.78, 5) is 5.43. The monoisotopic (exact) mass is 288 g/mol. The van der Waals surface area contributed by atoms with Crippen molar-refractivity contribution in [3.05, 3.63) is 52.0 Å². The van der Waals surface area contributed by atoms with E-state index in [-0.39, 0.29) is 0 Å². The van der Waals surface area contributed by atoms with E-state index in [0.29, 0.717) is 18.0 Å². The summed E-state index contributed by atoms with van der Waals surface area (Å²) in [6, 6.07) is 9.69. The van der Waals surface area contributed by atoms with Gasteiger partial charge in [0.05, 0.1) is 5.51 Å². The van der Waals surface area contributed by atoms with Gasteiger partial charge in [-0.05, 0) is 37.3 Å². The third-order valence-corrected chi connectivity index (χ3v) is 4.46. The Kier molecular flexibility index (Phi) is 5.32. The van der Waals surface area contributed by atoms with E-state index in [1.807, 2.05) is 11.7 Å². The molecule has 0 aliphatic carbocycles. The molecule has 0 bridgehead atoms. The summed E-state index contributed by atoms with van der Waals surface area (Å²) >= 11 is 1.70. The molecule has 1 N–H and O–H groups in total. The zero-order valence-corrected chi connectivity index (χ0v) is 13.6. The highest BCUT2D eigenvalue weighted by molar-refractivity contribution is 7.09. The first kappa shape index (κ1) is 15.2. The molecular formula is C17H24N2S. The predicted octanol–water partition coefficient (Wildman–Crippen LogP) is 4.75. The van der Waals surface area contributed by atoms with Gasteiger partial charge in [0.1, 0.15) is 0 Å². The third kappa shape index (κ3) is 4.15. The number of benzene rings is 1. The quantitative estimate of drug-likeness (QED) is 0.829. The van der Waals surface area contributed by atoms with E-state index in [9.17, 15) is 0 Å². The highest BCUT2D eigenvalue weighted by atomic mass is 32.1. The Hall–Kier alpha value is -1.19. The van der Waals surface area contributed by atoms with Gasteiger partial charge in [-0.2, -0.15) is 0 Å². The maximum atomic E-state index is 4.14. The van der Waals surface area contributed by atoms with Gasteiger partial charge in [0.25, 0.3) is 0 Å². The summed E-state index contributed by atoms with van der Waals surface area (Å²) in [5, 5.41) is 3.63. The Morgan fingerprint density at radius 1 is 1.05 bits per heavy atom. The van der Waals surface area contributed by atoms with Crippen LogP contribution in [0, 0.1) is 5.92 Å². The van der Waals surface area contributed by atoms with E-state index >= 15 is 0 Å². The molecule has 1 aromatic heterocycles. The fourth-order valence-corrected chi connectivity index (χ4v) is 3.04. The molecule has 0 aliphatic rings. The van der Waals surface area contributed by atoms with Crippen molar-refractivity contribution >= 4 is 11.3 Å². The second kappa shape index (κ2) is 7.00. The summed E-state index contributed by atoms with van der Waals surface area (Å²) < 4.78 is 0. The third-order valence-electron chi connectivity index (χ3n) is 3.50. The van der Waals surface area contributed by atoms with Gasteiger partial charge < -0.3 is 5.32 Å². The summed E-state index contributed by atoms with van der Waals surface area (Å²) in [6.07, 6.45) is 3.10. The van der Waals surface area contributed by atoms with Crippen LogP contribution in [0.1, 0.15) is 55.8 Å². The molecule has 2 unspecified atom stereocenters. The Bertz CT molecular complexity index is 502. The predicted molar refractivity (Wildman–Crippen MR) is 87.1 cm³/mol. The lowest BCUT2D eigenvalue weighted by Crippen LogP contribution is -2.21. The van der Waals surface area contributed by atoms with Crippen molar-refractivity contribution < 1.29 is 0 Å². The average Bonchev–Trinajstić information content (AvgIpc) is 2.92. The molecule has 108 valence electrons. The first-order chi connectivity index (χ1) is 9.56. The zero-order chi connectivity index (χ0) is 14.5. The second-order valence-electron chi connectivity index (χ2n) is 5.85. The van der Waals surface area contributed by atoms with Crippen LogP contribution in [0.3, 0.4) is 0 Å². The van der Waals surface area contributed by atoms with Gasteiger partial charge in [0, 0.05) is 23.2 Å². The van der Waals surface area contributed by atoms with Crippen molar-refractivity contribution in [1.29, 1.82) is 0 Å². The van der Waals surface area contributed by atoms with Crippen molar-refractivity contribution in [2.45, 2.75) is 46.2 Å². The van der Waals surface area contributed by atoms with Gasteiger partial charge >= 0.3 is 0 Å². The Labute approximate surface area is 126 Å². The number of nitrogens with one attached hydrogen (secondary N) is 1. The normalized spacial score (nSPS) is 14.4. The lowest BCUT2D eigenvalue weighted by atomic mass is 9.99.